The summed E-state index contributed by atoms with van der Waals surface area (Å²) in [5, 5.41) is 3.20. The molecule has 1 N–H and O–H groups in total. The molecule has 1 saturated heterocycles. The maximum absolute atomic E-state index is 12.4. The normalized spacial score (nSPS) is 19.9. The fraction of sp³-hybridized carbons (Fsp3) is 0.571. The van der Waals surface area contributed by atoms with Crippen LogP contribution in [0.4, 0.5) is 0 Å². The lowest BCUT2D eigenvalue weighted by atomic mass is 9.97. The topological polar surface area (TPSA) is 45.2 Å². The molecule has 0 aliphatic carbocycles. The largest absolute Gasteiger partial charge is 0.338 e. The number of hydrogen-bond donors (Lipinski definition) is 1. The Morgan fingerprint density at radius 3 is 3.11 bits per heavy atom. The lowest BCUT2D eigenvalue weighted by molar-refractivity contribution is 0.0673. The van der Waals surface area contributed by atoms with Crippen molar-refractivity contribution in [3.8, 4) is 0 Å². The molecule has 2 heterocycles. The molecule has 18 heavy (non-hydrogen) atoms. The summed E-state index contributed by atoms with van der Waals surface area (Å²) in [5.41, 5.74) is 1.74. The van der Waals surface area contributed by atoms with Crippen LogP contribution in [0.1, 0.15) is 28.8 Å². The third kappa shape index (κ3) is 3.07. The maximum atomic E-state index is 12.4. The van der Waals surface area contributed by atoms with Crippen molar-refractivity contribution < 1.29 is 4.79 Å². The minimum Gasteiger partial charge on any atom is -0.338 e. The summed E-state index contributed by atoms with van der Waals surface area (Å²) < 4.78 is 0. The van der Waals surface area contributed by atoms with E-state index in [9.17, 15) is 4.79 Å². The highest BCUT2D eigenvalue weighted by Gasteiger charge is 2.24. The van der Waals surface area contributed by atoms with E-state index < -0.39 is 0 Å². The Bertz CT molecular complexity index is 417. The Kier molecular flexibility index (Phi) is 4.31. The Morgan fingerprint density at radius 2 is 2.39 bits per heavy atom. The molecule has 4 heteroatoms. The third-order valence-corrected chi connectivity index (χ3v) is 3.42. The minimum atomic E-state index is 0.118. The SMILES string of the molecule is CNC[C@H]1CCCN(C(=O)c2cncc(C)c2)C1. The summed E-state index contributed by atoms with van der Waals surface area (Å²) >= 11 is 0. The van der Waals surface area contributed by atoms with E-state index >= 15 is 0 Å². The third-order valence-electron chi connectivity index (χ3n) is 3.42. The van der Waals surface area contributed by atoms with Crippen molar-refractivity contribution in [3.63, 3.8) is 0 Å². The zero-order valence-electron chi connectivity index (χ0n) is 11.1. The highest BCUT2D eigenvalue weighted by Crippen LogP contribution is 2.18. The first kappa shape index (κ1) is 13.0. The molecule has 1 amide bonds. The first-order valence-electron chi connectivity index (χ1n) is 6.56. The second-order valence-electron chi connectivity index (χ2n) is 5.07. The Balaban J connectivity index is 2.04. The van der Waals surface area contributed by atoms with E-state index in [2.05, 4.69) is 10.3 Å². The standard InChI is InChI=1S/C14H21N3O/c1-11-6-13(9-16-7-11)14(18)17-5-3-4-12(10-17)8-15-2/h6-7,9,12,15H,3-5,8,10H2,1-2H3/t12-/m1/s1. The number of piperidine rings is 1. The van der Waals surface area contributed by atoms with E-state index in [1.54, 1.807) is 12.4 Å². The fourth-order valence-corrected chi connectivity index (χ4v) is 2.56. The van der Waals surface area contributed by atoms with Crippen LogP contribution in [0.3, 0.4) is 0 Å². The fourth-order valence-electron chi connectivity index (χ4n) is 2.56. The summed E-state index contributed by atoms with van der Waals surface area (Å²) in [6, 6.07) is 1.91. The quantitative estimate of drug-likeness (QED) is 0.879. The molecule has 0 saturated carbocycles. The molecule has 98 valence electrons. The number of amides is 1. The number of pyridine rings is 1. The number of aryl methyl sites for hydroxylation is 1. The lowest BCUT2D eigenvalue weighted by Gasteiger charge is -2.32. The van der Waals surface area contributed by atoms with E-state index in [0.29, 0.717) is 11.5 Å². The van der Waals surface area contributed by atoms with Crippen molar-refractivity contribution in [3.05, 3.63) is 29.6 Å². The van der Waals surface area contributed by atoms with Crippen LogP contribution in [0.15, 0.2) is 18.5 Å². The van der Waals surface area contributed by atoms with E-state index in [4.69, 9.17) is 0 Å². The van der Waals surface area contributed by atoms with Crippen molar-refractivity contribution in [2.24, 2.45) is 5.92 Å². The average Bonchev–Trinajstić information content (AvgIpc) is 2.39. The number of carbonyl (C=O) groups is 1. The maximum Gasteiger partial charge on any atom is 0.255 e. The number of aromatic nitrogens is 1. The highest BCUT2D eigenvalue weighted by molar-refractivity contribution is 5.94. The predicted molar refractivity (Wildman–Crippen MR) is 71.5 cm³/mol. The van der Waals surface area contributed by atoms with Gasteiger partial charge in [-0.2, -0.15) is 0 Å². The smallest absolute Gasteiger partial charge is 0.255 e. The van der Waals surface area contributed by atoms with Gasteiger partial charge < -0.3 is 10.2 Å². The Morgan fingerprint density at radius 1 is 1.56 bits per heavy atom. The number of likely N-dealkylation sites (tertiary alicyclic amines) is 1. The summed E-state index contributed by atoms with van der Waals surface area (Å²) in [5.74, 6) is 0.692. The van der Waals surface area contributed by atoms with E-state index in [1.807, 2.05) is 24.9 Å². The summed E-state index contributed by atoms with van der Waals surface area (Å²) in [7, 11) is 1.96. The minimum absolute atomic E-state index is 0.118. The molecule has 1 aromatic rings. The van der Waals surface area contributed by atoms with Crippen molar-refractivity contribution in [2.45, 2.75) is 19.8 Å². The molecule has 0 aromatic carbocycles. The molecule has 0 bridgehead atoms. The molecule has 2 rings (SSSR count). The number of hydrogen-bond acceptors (Lipinski definition) is 3. The Hall–Kier alpha value is -1.42. The van der Waals surface area contributed by atoms with Gasteiger partial charge in [0.2, 0.25) is 0 Å². The first-order chi connectivity index (χ1) is 8.70. The van der Waals surface area contributed by atoms with Gasteiger partial charge in [0.25, 0.3) is 5.91 Å². The van der Waals surface area contributed by atoms with Crippen LogP contribution in [0, 0.1) is 12.8 Å². The molecule has 0 radical (unpaired) electrons. The number of nitrogens with one attached hydrogen (secondary N) is 1. The van der Waals surface area contributed by atoms with Gasteiger partial charge >= 0.3 is 0 Å². The zero-order valence-corrected chi connectivity index (χ0v) is 11.1. The number of carbonyl (C=O) groups excluding carboxylic acids is 1. The van der Waals surface area contributed by atoms with Crippen molar-refractivity contribution >= 4 is 5.91 Å². The van der Waals surface area contributed by atoms with Gasteiger partial charge in [-0.05, 0) is 50.9 Å². The molecule has 1 atom stereocenters. The summed E-state index contributed by atoms with van der Waals surface area (Å²) in [6.07, 6.45) is 5.74. The van der Waals surface area contributed by atoms with E-state index in [1.165, 1.54) is 6.42 Å². The molecular weight excluding hydrogens is 226 g/mol. The first-order valence-corrected chi connectivity index (χ1v) is 6.56. The van der Waals surface area contributed by atoms with Crippen molar-refractivity contribution in [1.29, 1.82) is 0 Å². The van der Waals surface area contributed by atoms with E-state index in [-0.39, 0.29) is 5.91 Å². The van der Waals surface area contributed by atoms with Gasteiger partial charge in [0, 0.05) is 25.5 Å². The van der Waals surface area contributed by atoms with Crippen LogP contribution in [-0.4, -0.2) is 42.5 Å². The molecular formula is C14H21N3O. The Labute approximate surface area is 108 Å². The van der Waals surface area contributed by atoms with Gasteiger partial charge in [-0.3, -0.25) is 9.78 Å². The summed E-state index contributed by atoms with van der Waals surface area (Å²) in [4.78, 5) is 18.4. The van der Waals surface area contributed by atoms with E-state index in [0.717, 1.165) is 31.6 Å². The van der Waals surface area contributed by atoms with Crippen LogP contribution in [0.25, 0.3) is 0 Å². The zero-order chi connectivity index (χ0) is 13.0. The molecule has 1 aliphatic rings. The van der Waals surface area contributed by atoms with Crippen molar-refractivity contribution in [1.82, 2.24) is 15.2 Å². The van der Waals surface area contributed by atoms with Gasteiger partial charge in [0.15, 0.2) is 0 Å². The second kappa shape index (κ2) is 5.96. The monoisotopic (exact) mass is 247 g/mol. The molecule has 4 nitrogen and oxygen atoms in total. The predicted octanol–water partition coefficient (Wildman–Crippen LogP) is 1.46. The van der Waals surface area contributed by atoms with Gasteiger partial charge in [-0.1, -0.05) is 0 Å². The van der Waals surface area contributed by atoms with Crippen LogP contribution in [-0.2, 0) is 0 Å². The van der Waals surface area contributed by atoms with Gasteiger partial charge in [0.1, 0.15) is 0 Å². The van der Waals surface area contributed by atoms with Crippen LogP contribution in [0.5, 0.6) is 0 Å². The molecule has 0 spiro atoms. The molecule has 0 unspecified atom stereocenters. The number of rotatable bonds is 3. The molecule has 1 fully saturated rings. The average molecular weight is 247 g/mol. The number of nitrogens with zero attached hydrogens (tertiary/aromatic N) is 2. The summed E-state index contributed by atoms with van der Waals surface area (Å²) in [6.45, 7) is 4.67. The molecule has 1 aliphatic heterocycles. The highest BCUT2D eigenvalue weighted by atomic mass is 16.2. The van der Waals surface area contributed by atoms with Gasteiger partial charge in [-0.25, -0.2) is 0 Å². The van der Waals surface area contributed by atoms with Gasteiger partial charge in [0.05, 0.1) is 5.56 Å². The van der Waals surface area contributed by atoms with Crippen LogP contribution < -0.4 is 5.32 Å². The van der Waals surface area contributed by atoms with Crippen LogP contribution in [0.2, 0.25) is 0 Å². The van der Waals surface area contributed by atoms with Crippen LogP contribution >= 0.6 is 0 Å². The van der Waals surface area contributed by atoms with Crippen molar-refractivity contribution in [2.75, 3.05) is 26.7 Å². The molecule has 1 aromatic heterocycles. The van der Waals surface area contributed by atoms with Gasteiger partial charge in [-0.15, -0.1) is 0 Å². The second-order valence-corrected chi connectivity index (χ2v) is 5.07. The lowest BCUT2D eigenvalue weighted by Crippen LogP contribution is -2.42.